The van der Waals surface area contributed by atoms with Gasteiger partial charge in [-0.2, -0.15) is 0 Å². The molecule has 9 nitrogen and oxygen atoms in total. The zero-order chi connectivity index (χ0) is 34.8. The third kappa shape index (κ3) is 10.6. The van der Waals surface area contributed by atoms with Crippen molar-refractivity contribution in [1.29, 1.82) is 0 Å². The van der Waals surface area contributed by atoms with Gasteiger partial charge in [-0.25, -0.2) is 0 Å². The lowest BCUT2D eigenvalue weighted by molar-refractivity contribution is -0.145. The number of benzene rings is 3. The summed E-state index contributed by atoms with van der Waals surface area (Å²) in [6, 6.07) is 21.7. The van der Waals surface area contributed by atoms with Crippen molar-refractivity contribution in [3.8, 4) is 11.5 Å². The molecule has 11 heteroatoms. The van der Waals surface area contributed by atoms with Crippen molar-refractivity contribution in [3.63, 3.8) is 0 Å². The van der Waals surface area contributed by atoms with Crippen molar-refractivity contribution in [3.05, 3.63) is 88.4 Å². The van der Waals surface area contributed by atoms with Crippen molar-refractivity contribution in [2.24, 2.45) is 5.41 Å². The highest BCUT2D eigenvalue weighted by molar-refractivity contribution is 6.30. The van der Waals surface area contributed by atoms with Crippen molar-refractivity contribution >= 4 is 41.5 Å². The summed E-state index contributed by atoms with van der Waals surface area (Å²) >= 11 is 6.59. The molecule has 2 amide bonds. The van der Waals surface area contributed by atoms with Gasteiger partial charge in [0.2, 0.25) is 5.91 Å². The summed E-state index contributed by atoms with van der Waals surface area (Å²) in [7, 11) is 1.60. The topological polar surface area (TPSA) is 89.6 Å². The number of amides is 2. The molecule has 1 N–H and O–H groups in total. The third-order valence-electron chi connectivity index (χ3n) is 8.67. The van der Waals surface area contributed by atoms with E-state index in [1.54, 1.807) is 23.0 Å². The Labute approximate surface area is 308 Å². The van der Waals surface area contributed by atoms with Crippen molar-refractivity contribution in [1.82, 2.24) is 10.2 Å². The van der Waals surface area contributed by atoms with E-state index >= 15 is 0 Å². The largest absolute Gasteiger partial charge is 0.492 e. The van der Waals surface area contributed by atoms with Crippen LogP contribution in [0.1, 0.15) is 62.8 Å². The van der Waals surface area contributed by atoms with Crippen LogP contribution in [0.25, 0.3) is 0 Å². The molecule has 0 bridgehead atoms. The number of morpholine rings is 1. The molecule has 2 aliphatic rings. The number of carbonyl (C=O) groups is 2. The van der Waals surface area contributed by atoms with Crippen LogP contribution >= 0.6 is 24.0 Å². The molecular formula is C39H51Cl2N3O6. The predicted molar refractivity (Wildman–Crippen MR) is 200 cm³/mol. The molecule has 0 spiro atoms. The Morgan fingerprint density at radius 3 is 2.44 bits per heavy atom. The summed E-state index contributed by atoms with van der Waals surface area (Å²) in [5.74, 6) is 0.701. The number of aryl methyl sites for hydroxylation is 1. The summed E-state index contributed by atoms with van der Waals surface area (Å²) in [5.41, 5.74) is 3.23. The summed E-state index contributed by atoms with van der Waals surface area (Å²) in [4.78, 5) is 31.3. The maximum Gasteiger partial charge on any atom is 0.256 e. The highest BCUT2D eigenvalue weighted by atomic mass is 35.5. The van der Waals surface area contributed by atoms with Crippen LogP contribution in [0.4, 0.5) is 5.69 Å². The molecule has 272 valence electrons. The van der Waals surface area contributed by atoms with Gasteiger partial charge >= 0.3 is 0 Å². The average molecular weight is 729 g/mol. The predicted octanol–water partition coefficient (Wildman–Crippen LogP) is 6.88. The van der Waals surface area contributed by atoms with Gasteiger partial charge in [0, 0.05) is 41.5 Å². The van der Waals surface area contributed by atoms with Gasteiger partial charge in [-0.3, -0.25) is 9.59 Å². The first-order chi connectivity index (χ1) is 23.6. The second-order valence-electron chi connectivity index (χ2n) is 13.8. The Morgan fingerprint density at radius 2 is 1.72 bits per heavy atom. The van der Waals surface area contributed by atoms with E-state index in [0.29, 0.717) is 67.2 Å². The van der Waals surface area contributed by atoms with Crippen LogP contribution in [-0.2, 0) is 25.5 Å². The zero-order valence-electron chi connectivity index (χ0n) is 29.6. The van der Waals surface area contributed by atoms with Crippen LogP contribution in [0.15, 0.2) is 66.7 Å². The van der Waals surface area contributed by atoms with E-state index in [-0.39, 0.29) is 36.1 Å². The number of hydrogen-bond acceptors (Lipinski definition) is 7. The minimum absolute atomic E-state index is 0. The van der Waals surface area contributed by atoms with E-state index in [2.05, 4.69) is 50.4 Å². The highest BCUT2D eigenvalue weighted by Gasteiger charge is 2.40. The molecule has 0 aromatic heterocycles. The summed E-state index contributed by atoms with van der Waals surface area (Å²) in [6.07, 6.45) is 1.06. The molecule has 0 unspecified atom stereocenters. The Morgan fingerprint density at radius 1 is 0.980 bits per heavy atom. The summed E-state index contributed by atoms with van der Waals surface area (Å²) < 4.78 is 24.4. The molecule has 2 heterocycles. The highest BCUT2D eigenvalue weighted by Crippen LogP contribution is 2.45. The second-order valence-corrected chi connectivity index (χ2v) is 14.2. The lowest BCUT2D eigenvalue weighted by Gasteiger charge is -2.32. The number of carbonyl (C=O) groups excluding carboxylic acids is 2. The lowest BCUT2D eigenvalue weighted by Crippen LogP contribution is -2.47. The number of methoxy groups -OCH3 is 1. The molecular weight excluding hydrogens is 677 g/mol. The van der Waals surface area contributed by atoms with Crippen molar-refractivity contribution in [2.45, 2.75) is 58.7 Å². The first kappa shape index (κ1) is 39.4. The van der Waals surface area contributed by atoms with Gasteiger partial charge in [0.05, 0.1) is 33.4 Å². The number of nitrogens with zero attached hydrogens (tertiary/aromatic N) is 2. The van der Waals surface area contributed by atoms with Gasteiger partial charge in [0.25, 0.3) is 5.91 Å². The summed E-state index contributed by atoms with van der Waals surface area (Å²) in [6.45, 7) is 10.9. The van der Waals surface area contributed by atoms with Crippen LogP contribution in [0, 0.1) is 5.41 Å². The molecule has 1 fully saturated rings. The first-order valence-corrected chi connectivity index (χ1v) is 17.7. The van der Waals surface area contributed by atoms with Crippen LogP contribution < -0.4 is 19.7 Å². The fourth-order valence-corrected chi connectivity index (χ4v) is 6.50. The average Bonchev–Trinajstić information content (AvgIpc) is 3.19. The molecule has 1 saturated heterocycles. The molecule has 50 heavy (non-hydrogen) atoms. The molecule has 5 rings (SSSR count). The fourth-order valence-electron chi connectivity index (χ4n) is 6.32. The van der Waals surface area contributed by atoms with Gasteiger partial charge in [-0.1, -0.05) is 74.8 Å². The number of nitrogens with one attached hydrogen (secondary N) is 1. The van der Waals surface area contributed by atoms with E-state index in [0.717, 1.165) is 37.9 Å². The number of hydrogen-bond donors (Lipinski definition) is 1. The lowest BCUT2D eigenvalue weighted by atomic mass is 9.94. The number of fused-ring (bicyclic) bond motifs is 1. The molecule has 2 atom stereocenters. The SMILES string of the molecule is COc1c(OCCCNCCCc2ccccc2)cccc1[C@@H]1O[C@@H](CC(=O)N2CCOCC2)C(=O)N(CC(C)(C)C)c2ccc(Cl)cc21.Cl. The van der Waals surface area contributed by atoms with Gasteiger partial charge in [0.15, 0.2) is 11.5 Å². The monoisotopic (exact) mass is 727 g/mol. The molecule has 0 saturated carbocycles. The van der Waals surface area contributed by atoms with Gasteiger partial charge in [0.1, 0.15) is 12.2 Å². The third-order valence-corrected chi connectivity index (χ3v) is 8.91. The standard InChI is InChI=1S/C39H50ClN3O6.ClH/c1-39(2,3)27-43-32-17-16-29(40)25-31(32)36(49-34(38(43)45)26-35(44)42-20-23-47-24-21-42)30-14-8-15-33(37(30)46-4)48-22-10-19-41-18-9-13-28-11-6-5-7-12-28;/h5-8,11-12,14-17,25,34,36,41H,9-10,13,18-24,26-27H2,1-4H3;1H/t34-,36-;/m0./s1. The van der Waals surface area contributed by atoms with E-state index in [1.807, 2.05) is 36.4 Å². The second kappa shape index (κ2) is 18.8. The van der Waals surface area contributed by atoms with E-state index in [1.165, 1.54) is 5.56 Å². The maximum absolute atomic E-state index is 14.3. The first-order valence-electron chi connectivity index (χ1n) is 17.3. The van der Waals surface area contributed by atoms with Gasteiger partial charge < -0.3 is 34.1 Å². The zero-order valence-corrected chi connectivity index (χ0v) is 31.2. The van der Waals surface area contributed by atoms with Gasteiger partial charge in [-0.15, -0.1) is 12.4 Å². The van der Waals surface area contributed by atoms with E-state index in [9.17, 15) is 9.59 Å². The van der Waals surface area contributed by atoms with Crippen LogP contribution in [0.2, 0.25) is 5.02 Å². The number of para-hydroxylation sites is 1. The molecule has 2 aliphatic heterocycles. The Balaban J connectivity index is 0.00000562. The maximum atomic E-state index is 14.3. The van der Waals surface area contributed by atoms with E-state index < -0.39 is 12.2 Å². The van der Waals surface area contributed by atoms with Gasteiger partial charge in [-0.05, 0) is 67.6 Å². The van der Waals surface area contributed by atoms with Crippen LogP contribution in [-0.4, -0.2) is 82.5 Å². The molecule has 0 aliphatic carbocycles. The minimum atomic E-state index is -1.03. The Bertz CT molecular complexity index is 1540. The fraction of sp³-hybridized carbons (Fsp3) is 0.487. The smallest absolute Gasteiger partial charge is 0.256 e. The Hall–Kier alpha value is -3.34. The normalized spacial score (nSPS) is 17.8. The minimum Gasteiger partial charge on any atom is -0.492 e. The number of anilines is 1. The van der Waals surface area contributed by atoms with Crippen molar-refractivity contribution < 1.29 is 28.5 Å². The number of halogens is 2. The molecule has 3 aromatic carbocycles. The van der Waals surface area contributed by atoms with Crippen LogP contribution in [0.3, 0.4) is 0 Å². The Kier molecular flexibility index (Phi) is 14.8. The molecule has 0 radical (unpaired) electrons. The summed E-state index contributed by atoms with van der Waals surface area (Å²) in [5, 5.41) is 4.02. The number of ether oxygens (including phenoxy) is 4. The van der Waals surface area contributed by atoms with Crippen LogP contribution in [0.5, 0.6) is 11.5 Å². The quantitative estimate of drug-likeness (QED) is 0.181. The van der Waals surface area contributed by atoms with Crippen molar-refractivity contribution in [2.75, 3.05) is 64.6 Å². The molecule has 3 aromatic rings. The van der Waals surface area contributed by atoms with E-state index in [4.69, 9.17) is 30.5 Å². The number of rotatable bonds is 14.